The predicted molar refractivity (Wildman–Crippen MR) is 150 cm³/mol. The Balaban J connectivity index is 0.000000192. The third kappa shape index (κ3) is 6.10. The van der Waals surface area contributed by atoms with Crippen molar-refractivity contribution in [3.8, 4) is 0 Å². The van der Waals surface area contributed by atoms with E-state index in [0.29, 0.717) is 0 Å². The van der Waals surface area contributed by atoms with Gasteiger partial charge in [-0.1, -0.05) is 98.8 Å². The van der Waals surface area contributed by atoms with Crippen LogP contribution in [-0.4, -0.2) is 0 Å². The van der Waals surface area contributed by atoms with E-state index in [1.807, 2.05) is 0 Å². The summed E-state index contributed by atoms with van der Waals surface area (Å²) in [5.41, 5.74) is 0. The van der Waals surface area contributed by atoms with E-state index in [1.54, 1.807) is 70.6 Å². The normalized spacial score (nSPS) is 46.3. The summed E-state index contributed by atoms with van der Waals surface area (Å²) in [6.45, 7) is 12.3. The molecule has 5 rings (SSSR count). The number of unbranched alkanes of at least 4 members (excludes halogenated alkanes) is 1. The lowest BCUT2D eigenvalue weighted by Gasteiger charge is -2.49. The number of hydrogen-bond acceptors (Lipinski definition) is 0. The number of fused-ring (bicyclic) bond motifs is 2. The lowest BCUT2D eigenvalue weighted by molar-refractivity contribution is -0.00258. The highest BCUT2D eigenvalue weighted by Crippen LogP contribution is 2.56. The van der Waals surface area contributed by atoms with Gasteiger partial charge in [0.25, 0.3) is 0 Å². The summed E-state index contributed by atoms with van der Waals surface area (Å²) in [4.78, 5) is 0. The minimum Gasteiger partial charge on any atom is -0.0654 e. The van der Waals surface area contributed by atoms with Crippen LogP contribution in [0, 0.1) is 65.1 Å². The molecular formula is C34H62. The first-order chi connectivity index (χ1) is 16.6. The molecule has 5 aliphatic rings. The van der Waals surface area contributed by atoms with Crippen LogP contribution < -0.4 is 0 Å². The zero-order valence-corrected chi connectivity index (χ0v) is 24.1. The molecule has 0 amide bonds. The molecular weight excluding hydrogens is 408 g/mol. The van der Waals surface area contributed by atoms with Gasteiger partial charge in [0.2, 0.25) is 0 Å². The second kappa shape index (κ2) is 13.0. The summed E-state index contributed by atoms with van der Waals surface area (Å²) in [6, 6.07) is 0. The highest BCUT2D eigenvalue weighted by Gasteiger charge is 2.47. The van der Waals surface area contributed by atoms with Gasteiger partial charge in [-0.3, -0.25) is 0 Å². The van der Waals surface area contributed by atoms with E-state index >= 15 is 0 Å². The van der Waals surface area contributed by atoms with Crippen LogP contribution in [0.25, 0.3) is 0 Å². The molecule has 0 N–H and O–H groups in total. The molecule has 5 aliphatic carbocycles. The van der Waals surface area contributed by atoms with Crippen molar-refractivity contribution in [2.45, 2.75) is 150 Å². The first kappa shape index (κ1) is 27.0. The fourth-order valence-electron chi connectivity index (χ4n) is 10.6. The van der Waals surface area contributed by atoms with Crippen molar-refractivity contribution >= 4 is 0 Å². The highest BCUT2D eigenvalue weighted by atomic mass is 14.5. The third-order valence-electron chi connectivity index (χ3n) is 12.4. The van der Waals surface area contributed by atoms with Crippen LogP contribution in [0.1, 0.15) is 150 Å². The minimum absolute atomic E-state index is 1.01. The molecule has 0 bridgehead atoms. The second-order valence-electron chi connectivity index (χ2n) is 14.1. The molecule has 0 aliphatic heterocycles. The number of rotatable bonds is 6. The molecule has 0 radical (unpaired) electrons. The van der Waals surface area contributed by atoms with Crippen LogP contribution in [0.4, 0.5) is 0 Å². The van der Waals surface area contributed by atoms with E-state index in [0.717, 1.165) is 65.1 Å². The molecule has 9 unspecified atom stereocenters. The Labute approximate surface area is 215 Å². The quantitative estimate of drug-likeness (QED) is 0.362. The van der Waals surface area contributed by atoms with E-state index in [-0.39, 0.29) is 0 Å². The van der Waals surface area contributed by atoms with Crippen LogP contribution in [0.3, 0.4) is 0 Å². The van der Waals surface area contributed by atoms with E-state index in [4.69, 9.17) is 0 Å². The van der Waals surface area contributed by atoms with Crippen LogP contribution in [0.15, 0.2) is 0 Å². The molecule has 198 valence electrons. The molecule has 0 nitrogen and oxygen atoms in total. The first-order valence-corrected chi connectivity index (χ1v) is 16.6. The monoisotopic (exact) mass is 470 g/mol. The van der Waals surface area contributed by atoms with Gasteiger partial charge >= 0.3 is 0 Å². The molecule has 0 heteroatoms. The van der Waals surface area contributed by atoms with Gasteiger partial charge in [0.05, 0.1) is 0 Å². The lowest BCUT2D eigenvalue weighted by Crippen LogP contribution is -2.42. The van der Waals surface area contributed by atoms with Crippen molar-refractivity contribution < 1.29 is 0 Å². The molecule has 9 atom stereocenters. The van der Waals surface area contributed by atoms with Crippen LogP contribution >= 0.6 is 0 Å². The van der Waals surface area contributed by atoms with E-state index in [1.165, 1.54) is 44.9 Å². The fourth-order valence-corrected chi connectivity index (χ4v) is 10.6. The summed E-state index contributed by atoms with van der Waals surface area (Å²) < 4.78 is 0. The first-order valence-electron chi connectivity index (χ1n) is 16.6. The average Bonchev–Trinajstić information content (AvgIpc) is 3.47. The van der Waals surface area contributed by atoms with Crippen LogP contribution in [0.5, 0.6) is 0 Å². The van der Waals surface area contributed by atoms with Crippen molar-refractivity contribution in [3.63, 3.8) is 0 Å². The molecule has 0 spiro atoms. The predicted octanol–water partition coefficient (Wildman–Crippen LogP) is 10.9. The summed E-state index contributed by atoms with van der Waals surface area (Å²) in [6.07, 6.45) is 27.4. The maximum Gasteiger partial charge on any atom is -0.0324 e. The average molecular weight is 471 g/mol. The van der Waals surface area contributed by atoms with Gasteiger partial charge in [-0.05, 0) is 116 Å². The van der Waals surface area contributed by atoms with Crippen molar-refractivity contribution in [2.24, 2.45) is 65.1 Å². The van der Waals surface area contributed by atoms with Crippen molar-refractivity contribution in [2.75, 3.05) is 0 Å². The zero-order valence-electron chi connectivity index (χ0n) is 24.1. The third-order valence-corrected chi connectivity index (χ3v) is 12.4. The molecule has 5 fully saturated rings. The molecule has 5 saturated carbocycles. The largest absolute Gasteiger partial charge is 0.0654 e. The van der Waals surface area contributed by atoms with Crippen molar-refractivity contribution in [3.05, 3.63) is 0 Å². The molecule has 0 aromatic heterocycles. The second-order valence-corrected chi connectivity index (χ2v) is 14.1. The highest BCUT2D eigenvalue weighted by molar-refractivity contribution is 4.97. The molecule has 0 aromatic rings. The summed E-state index contributed by atoms with van der Waals surface area (Å²) in [7, 11) is 0. The molecule has 0 heterocycles. The van der Waals surface area contributed by atoms with Gasteiger partial charge in [-0.2, -0.15) is 0 Å². The Morgan fingerprint density at radius 3 is 1.97 bits per heavy atom. The molecule has 34 heavy (non-hydrogen) atoms. The summed E-state index contributed by atoms with van der Waals surface area (Å²) in [5.74, 6) is 12.0. The zero-order chi connectivity index (χ0) is 24.1. The summed E-state index contributed by atoms with van der Waals surface area (Å²) >= 11 is 0. The van der Waals surface area contributed by atoms with Crippen molar-refractivity contribution in [1.82, 2.24) is 0 Å². The Bertz CT molecular complexity index is 571. The van der Waals surface area contributed by atoms with Gasteiger partial charge in [-0.25, -0.2) is 0 Å². The van der Waals surface area contributed by atoms with Gasteiger partial charge in [0, 0.05) is 0 Å². The smallest absolute Gasteiger partial charge is 0.0324 e. The Morgan fingerprint density at radius 1 is 0.588 bits per heavy atom. The molecule has 0 saturated heterocycles. The maximum absolute atomic E-state index is 2.61. The SMILES string of the molecule is CCC1CC(C)C2CCCCC12.CCCCC1C(C)CC2CCCC2C1C1CCC(CC)CC1. The lowest BCUT2D eigenvalue weighted by atomic mass is 9.56. The Kier molecular flexibility index (Phi) is 10.3. The van der Waals surface area contributed by atoms with E-state index in [9.17, 15) is 0 Å². The van der Waals surface area contributed by atoms with E-state index < -0.39 is 0 Å². The van der Waals surface area contributed by atoms with Gasteiger partial charge in [0.15, 0.2) is 0 Å². The topological polar surface area (TPSA) is 0 Å². The summed E-state index contributed by atoms with van der Waals surface area (Å²) in [5, 5.41) is 0. The Morgan fingerprint density at radius 2 is 1.29 bits per heavy atom. The standard InChI is InChI=1S/C22H40.C12H22/c1-4-6-9-20-16(3)15-19-8-7-10-21(19)22(20)18-13-11-17(5-2)12-14-18;1-3-10-8-9(2)11-6-4-5-7-12(10)11/h16-22H,4-15H2,1-3H3;9-12H,3-8H2,1-2H3. The van der Waals surface area contributed by atoms with Crippen LogP contribution in [0.2, 0.25) is 0 Å². The fraction of sp³-hybridized carbons (Fsp3) is 1.00. The van der Waals surface area contributed by atoms with Gasteiger partial charge < -0.3 is 0 Å². The van der Waals surface area contributed by atoms with Gasteiger partial charge in [0.1, 0.15) is 0 Å². The van der Waals surface area contributed by atoms with Crippen LogP contribution in [-0.2, 0) is 0 Å². The Hall–Kier alpha value is 0. The molecule has 0 aromatic carbocycles. The number of hydrogen-bond donors (Lipinski definition) is 0. The van der Waals surface area contributed by atoms with Gasteiger partial charge in [-0.15, -0.1) is 0 Å². The minimum atomic E-state index is 1.01. The maximum atomic E-state index is 2.61. The van der Waals surface area contributed by atoms with Crippen molar-refractivity contribution in [1.29, 1.82) is 0 Å². The van der Waals surface area contributed by atoms with E-state index in [2.05, 4.69) is 34.6 Å².